The topological polar surface area (TPSA) is 52.7 Å². The van der Waals surface area contributed by atoms with Gasteiger partial charge in [0.15, 0.2) is 0 Å². The fourth-order valence-electron chi connectivity index (χ4n) is 2.49. The lowest BCUT2D eigenvalue weighted by molar-refractivity contribution is -0.142. The third-order valence-electron chi connectivity index (χ3n) is 3.52. The maximum atomic E-state index is 12.1. The molecule has 0 aromatic carbocycles. The Labute approximate surface area is 102 Å². The predicted octanol–water partition coefficient (Wildman–Crippen LogP) is -0.323. The van der Waals surface area contributed by atoms with Gasteiger partial charge in [0.25, 0.3) is 0 Å². The van der Waals surface area contributed by atoms with Gasteiger partial charge >= 0.3 is 0 Å². The van der Waals surface area contributed by atoms with Crippen LogP contribution < -0.4 is 5.32 Å². The molecule has 2 heterocycles. The lowest BCUT2D eigenvalue weighted by Gasteiger charge is -2.34. The van der Waals surface area contributed by atoms with Gasteiger partial charge in [-0.3, -0.25) is 9.59 Å². The number of rotatable bonds is 2. The van der Waals surface area contributed by atoms with Crippen molar-refractivity contribution in [3.8, 4) is 0 Å². The van der Waals surface area contributed by atoms with Crippen LogP contribution in [0.1, 0.15) is 19.8 Å². The summed E-state index contributed by atoms with van der Waals surface area (Å²) in [6, 6.07) is 0. The van der Waals surface area contributed by atoms with Crippen LogP contribution in [0, 0.1) is 5.92 Å². The van der Waals surface area contributed by atoms with E-state index in [1.54, 1.807) is 4.90 Å². The lowest BCUT2D eigenvalue weighted by atomic mass is 10.0. The zero-order valence-corrected chi connectivity index (χ0v) is 10.4. The number of nitrogens with one attached hydrogen (secondary N) is 1. The summed E-state index contributed by atoms with van der Waals surface area (Å²) >= 11 is 0. The van der Waals surface area contributed by atoms with Crippen LogP contribution in [0.5, 0.6) is 0 Å². The highest BCUT2D eigenvalue weighted by atomic mass is 16.2. The predicted molar refractivity (Wildman–Crippen MR) is 64.4 cm³/mol. The van der Waals surface area contributed by atoms with E-state index in [0.29, 0.717) is 19.0 Å². The number of carbonyl (C=O) groups is 2. The summed E-state index contributed by atoms with van der Waals surface area (Å²) in [6.45, 7) is 5.93. The van der Waals surface area contributed by atoms with Crippen LogP contribution in [0.25, 0.3) is 0 Å². The highest BCUT2D eigenvalue weighted by molar-refractivity contribution is 5.86. The van der Waals surface area contributed by atoms with E-state index in [1.807, 2.05) is 4.90 Å². The van der Waals surface area contributed by atoms with Crippen LogP contribution in [0.4, 0.5) is 0 Å². The Morgan fingerprint density at radius 1 is 1.47 bits per heavy atom. The van der Waals surface area contributed by atoms with Gasteiger partial charge in [-0.2, -0.15) is 0 Å². The lowest BCUT2D eigenvalue weighted by Crippen LogP contribution is -2.52. The Hall–Kier alpha value is -1.10. The Morgan fingerprint density at radius 2 is 2.29 bits per heavy atom. The average molecular weight is 239 g/mol. The highest BCUT2D eigenvalue weighted by Crippen LogP contribution is 2.15. The molecule has 2 fully saturated rings. The third-order valence-corrected chi connectivity index (χ3v) is 3.52. The van der Waals surface area contributed by atoms with Gasteiger partial charge in [0.05, 0.1) is 13.1 Å². The monoisotopic (exact) mass is 239 g/mol. The number of hydrogen-bond acceptors (Lipinski definition) is 3. The second kappa shape index (κ2) is 5.49. The zero-order chi connectivity index (χ0) is 12.3. The van der Waals surface area contributed by atoms with Crippen molar-refractivity contribution in [2.24, 2.45) is 5.92 Å². The van der Waals surface area contributed by atoms with Crippen LogP contribution in [0.2, 0.25) is 0 Å². The quantitative estimate of drug-likeness (QED) is 0.718. The van der Waals surface area contributed by atoms with Crippen LogP contribution in [-0.4, -0.2) is 60.9 Å². The number of hydrogen-bond donors (Lipinski definition) is 1. The van der Waals surface area contributed by atoms with Crippen molar-refractivity contribution in [1.82, 2.24) is 15.1 Å². The first-order valence-corrected chi connectivity index (χ1v) is 6.43. The molecule has 0 spiro atoms. The number of nitrogens with zero attached hydrogens (tertiary/aromatic N) is 2. The molecule has 17 heavy (non-hydrogen) atoms. The Bertz CT molecular complexity index is 306. The zero-order valence-electron chi connectivity index (χ0n) is 10.4. The third kappa shape index (κ3) is 3.19. The van der Waals surface area contributed by atoms with E-state index < -0.39 is 0 Å². The molecule has 2 aliphatic rings. The molecule has 1 atom stereocenters. The molecule has 2 amide bonds. The fraction of sp³-hybridized carbons (Fsp3) is 0.833. The van der Waals surface area contributed by atoms with E-state index in [4.69, 9.17) is 0 Å². The van der Waals surface area contributed by atoms with E-state index >= 15 is 0 Å². The van der Waals surface area contributed by atoms with Crippen LogP contribution in [0.15, 0.2) is 0 Å². The Balaban J connectivity index is 1.85. The van der Waals surface area contributed by atoms with E-state index in [9.17, 15) is 9.59 Å². The highest BCUT2D eigenvalue weighted by Gasteiger charge is 2.25. The van der Waals surface area contributed by atoms with E-state index in [0.717, 1.165) is 26.1 Å². The minimum Gasteiger partial charge on any atom is -0.341 e. The number of carbonyl (C=O) groups excluding carboxylic acids is 2. The van der Waals surface area contributed by atoms with Gasteiger partial charge in [0.1, 0.15) is 0 Å². The minimum atomic E-state index is 0.0367. The second-order valence-corrected chi connectivity index (χ2v) is 5.08. The molecule has 2 aliphatic heterocycles. The van der Waals surface area contributed by atoms with Gasteiger partial charge in [-0.25, -0.2) is 0 Å². The molecule has 0 aromatic heterocycles. The van der Waals surface area contributed by atoms with Crippen LogP contribution >= 0.6 is 0 Å². The number of likely N-dealkylation sites (tertiary alicyclic amines) is 1. The molecule has 0 aromatic rings. The smallest absolute Gasteiger partial charge is 0.242 e. The van der Waals surface area contributed by atoms with Crippen molar-refractivity contribution in [3.63, 3.8) is 0 Å². The summed E-state index contributed by atoms with van der Waals surface area (Å²) in [5.41, 5.74) is 0. The Kier molecular flexibility index (Phi) is 3.99. The van der Waals surface area contributed by atoms with E-state index in [-0.39, 0.29) is 18.4 Å². The molecule has 0 unspecified atom stereocenters. The number of piperazine rings is 1. The average Bonchev–Trinajstić information content (AvgIpc) is 2.32. The molecule has 0 saturated carbocycles. The minimum absolute atomic E-state index is 0.0367. The molecule has 0 radical (unpaired) electrons. The molecular formula is C12H21N3O2. The molecule has 0 aliphatic carbocycles. The molecule has 1 N–H and O–H groups in total. The molecule has 96 valence electrons. The van der Waals surface area contributed by atoms with Crippen molar-refractivity contribution in [1.29, 1.82) is 0 Å². The van der Waals surface area contributed by atoms with Gasteiger partial charge in [-0.15, -0.1) is 0 Å². The largest absolute Gasteiger partial charge is 0.341 e. The first-order chi connectivity index (χ1) is 8.16. The molecule has 2 rings (SSSR count). The summed E-state index contributed by atoms with van der Waals surface area (Å²) in [4.78, 5) is 27.2. The van der Waals surface area contributed by atoms with E-state index in [1.165, 1.54) is 6.42 Å². The van der Waals surface area contributed by atoms with Gasteiger partial charge in [0, 0.05) is 26.2 Å². The second-order valence-electron chi connectivity index (χ2n) is 5.08. The van der Waals surface area contributed by atoms with E-state index in [2.05, 4.69) is 12.2 Å². The summed E-state index contributed by atoms with van der Waals surface area (Å²) < 4.78 is 0. The number of piperidine rings is 1. The van der Waals surface area contributed by atoms with Crippen LogP contribution in [-0.2, 0) is 9.59 Å². The van der Waals surface area contributed by atoms with Crippen molar-refractivity contribution in [3.05, 3.63) is 0 Å². The van der Waals surface area contributed by atoms with Gasteiger partial charge in [-0.1, -0.05) is 6.92 Å². The summed E-state index contributed by atoms with van der Waals surface area (Å²) in [6.07, 6.45) is 2.29. The van der Waals surface area contributed by atoms with Gasteiger partial charge in [0.2, 0.25) is 11.8 Å². The van der Waals surface area contributed by atoms with Gasteiger partial charge < -0.3 is 15.1 Å². The molecule has 5 nitrogen and oxygen atoms in total. The first-order valence-electron chi connectivity index (χ1n) is 6.43. The van der Waals surface area contributed by atoms with Crippen molar-refractivity contribution < 1.29 is 9.59 Å². The molecule has 5 heteroatoms. The van der Waals surface area contributed by atoms with Gasteiger partial charge in [-0.05, 0) is 18.8 Å². The maximum absolute atomic E-state index is 12.1. The summed E-state index contributed by atoms with van der Waals surface area (Å²) in [7, 11) is 0. The maximum Gasteiger partial charge on any atom is 0.242 e. The Morgan fingerprint density at radius 3 is 3.00 bits per heavy atom. The van der Waals surface area contributed by atoms with Crippen LogP contribution in [0.3, 0.4) is 0 Å². The summed E-state index contributed by atoms with van der Waals surface area (Å²) in [5.74, 6) is 0.730. The van der Waals surface area contributed by atoms with Crippen molar-refractivity contribution >= 4 is 11.8 Å². The van der Waals surface area contributed by atoms with Crippen molar-refractivity contribution in [2.75, 3.05) is 39.3 Å². The number of amides is 2. The SMILES string of the molecule is C[C@H]1CCCN(C(=O)CN2CCNCC2=O)C1. The molecular weight excluding hydrogens is 218 g/mol. The standard InChI is InChI=1S/C12H21N3O2/c1-10-3-2-5-14(8-10)12(17)9-15-6-4-13-7-11(15)16/h10,13H,2-9H2,1H3/t10-/m0/s1. The molecule has 2 saturated heterocycles. The normalized spacial score (nSPS) is 26.2. The molecule has 0 bridgehead atoms. The fourth-order valence-corrected chi connectivity index (χ4v) is 2.49. The van der Waals surface area contributed by atoms with Crippen molar-refractivity contribution in [2.45, 2.75) is 19.8 Å². The summed E-state index contributed by atoms with van der Waals surface area (Å²) in [5, 5.41) is 3.01. The first kappa shape index (κ1) is 12.4.